The van der Waals surface area contributed by atoms with Gasteiger partial charge in [-0.15, -0.1) is 0 Å². The largest absolute Gasteiger partial charge is 0.381 e. The number of sulfonamides is 1. The summed E-state index contributed by atoms with van der Waals surface area (Å²) in [7, 11) is -3.53. The molecule has 8 heteroatoms. The molecular formula is C16H21FN2O4S. The summed E-state index contributed by atoms with van der Waals surface area (Å²) in [6, 6.07) is 5.24. The lowest BCUT2D eigenvalue weighted by Gasteiger charge is -2.24. The van der Waals surface area contributed by atoms with Gasteiger partial charge in [-0.1, -0.05) is 12.1 Å². The molecule has 0 saturated carbocycles. The third-order valence-electron chi connectivity index (χ3n) is 4.50. The van der Waals surface area contributed by atoms with Crippen LogP contribution < -0.4 is 4.72 Å². The highest BCUT2D eigenvalue weighted by molar-refractivity contribution is 7.90. The first-order chi connectivity index (χ1) is 11.5. The number of halogens is 1. The first-order valence-corrected chi connectivity index (χ1v) is 9.62. The van der Waals surface area contributed by atoms with E-state index in [-0.39, 0.29) is 11.7 Å². The number of nitrogens with zero attached hydrogens (tertiary/aromatic N) is 1. The van der Waals surface area contributed by atoms with Crippen LogP contribution in [0.15, 0.2) is 24.3 Å². The van der Waals surface area contributed by atoms with Gasteiger partial charge in [0.05, 0.1) is 5.25 Å². The van der Waals surface area contributed by atoms with Crippen molar-refractivity contribution in [2.24, 2.45) is 0 Å². The van der Waals surface area contributed by atoms with Crippen molar-refractivity contribution in [2.75, 3.05) is 19.8 Å². The zero-order valence-electron chi connectivity index (χ0n) is 13.3. The van der Waals surface area contributed by atoms with Gasteiger partial charge in [-0.2, -0.15) is 0 Å². The molecule has 1 aromatic rings. The van der Waals surface area contributed by atoms with Gasteiger partial charge >= 0.3 is 0 Å². The summed E-state index contributed by atoms with van der Waals surface area (Å²) >= 11 is 0. The van der Waals surface area contributed by atoms with Crippen LogP contribution in [0, 0.1) is 5.82 Å². The molecule has 2 heterocycles. The summed E-state index contributed by atoms with van der Waals surface area (Å²) in [5.74, 6) is -0.552. The maximum absolute atomic E-state index is 12.9. The minimum Gasteiger partial charge on any atom is -0.381 e. The first kappa shape index (κ1) is 17.3. The maximum atomic E-state index is 12.9. The number of hydrogen-bond acceptors (Lipinski definition) is 4. The Kier molecular flexibility index (Phi) is 5.17. The molecule has 2 aliphatic heterocycles. The number of benzene rings is 1. The van der Waals surface area contributed by atoms with E-state index in [1.54, 1.807) is 17.0 Å². The van der Waals surface area contributed by atoms with E-state index in [0.717, 1.165) is 5.56 Å². The number of nitrogens with one attached hydrogen (secondary N) is 1. The second-order valence-electron chi connectivity index (χ2n) is 6.20. The Hall–Kier alpha value is -1.51. The number of carbonyl (C=O) groups excluding carboxylic acids is 1. The number of hydrogen-bond donors (Lipinski definition) is 1. The van der Waals surface area contributed by atoms with Crippen LogP contribution in [0.1, 0.15) is 24.8 Å². The molecule has 0 aromatic heterocycles. The molecule has 0 bridgehead atoms. The Morgan fingerprint density at radius 1 is 1.17 bits per heavy atom. The molecule has 132 valence electrons. The molecule has 0 radical (unpaired) electrons. The maximum Gasteiger partial charge on any atom is 0.241 e. The predicted molar refractivity (Wildman–Crippen MR) is 86.1 cm³/mol. The van der Waals surface area contributed by atoms with Crippen LogP contribution in [0.3, 0.4) is 0 Å². The van der Waals surface area contributed by atoms with E-state index in [0.29, 0.717) is 45.6 Å². The van der Waals surface area contributed by atoms with Crippen LogP contribution in [0.5, 0.6) is 0 Å². The first-order valence-electron chi connectivity index (χ1n) is 8.08. The van der Waals surface area contributed by atoms with Crippen molar-refractivity contribution in [1.29, 1.82) is 0 Å². The van der Waals surface area contributed by atoms with Crippen LogP contribution in [0.4, 0.5) is 4.39 Å². The van der Waals surface area contributed by atoms with E-state index in [4.69, 9.17) is 4.74 Å². The zero-order chi connectivity index (χ0) is 17.2. The van der Waals surface area contributed by atoms with Crippen molar-refractivity contribution < 1.29 is 22.3 Å². The second kappa shape index (κ2) is 7.16. The van der Waals surface area contributed by atoms with E-state index >= 15 is 0 Å². The van der Waals surface area contributed by atoms with Gasteiger partial charge in [-0.25, -0.2) is 17.5 Å². The fraction of sp³-hybridized carbons (Fsp3) is 0.562. The molecule has 1 aromatic carbocycles. The second-order valence-corrected chi connectivity index (χ2v) is 8.19. The van der Waals surface area contributed by atoms with Crippen LogP contribution in [0.2, 0.25) is 0 Å². The number of ether oxygens (including phenoxy) is 1. The molecular weight excluding hydrogens is 335 g/mol. The van der Waals surface area contributed by atoms with Gasteiger partial charge in [0, 0.05) is 26.3 Å². The van der Waals surface area contributed by atoms with E-state index in [9.17, 15) is 17.6 Å². The van der Waals surface area contributed by atoms with Crippen molar-refractivity contribution in [2.45, 2.75) is 37.1 Å². The third-order valence-corrected chi connectivity index (χ3v) is 6.46. The van der Waals surface area contributed by atoms with Crippen molar-refractivity contribution >= 4 is 15.9 Å². The molecule has 2 fully saturated rings. The Morgan fingerprint density at radius 3 is 2.50 bits per heavy atom. The lowest BCUT2D eigenvalue weighted by molar-refractivity contribution is -0.129. The monoisotopic (exact) mass is 356 g/mol. The van der Waals surface area contributed by atoms with Gasteiger partial charge in [-0.05, 0) is 37.0 Å². The summed E-state index contributed by atoms with van der Waals surface area (Å²) in [6.45, 7) is 1.70. The molecule has 1 N–H and O–H groups in total. The zero-order valence-corrected chi connectivity index (χ0v) is 14.1. The Bertz CT molecular complexity index is 687. The summed E-state index contributed by atoms with van der Waals surface area (Å²) in [6.07, 6.45) is 1.35. The summed E-state index contributed by atoms with van der Waals surface area (Å²) in [5.41, 5.74) is 0.817. The van der Waals surface area contributed by atoms with Crippen LogP contribution >= 0.6 is 0 Å². The average molecular weight is 356 g/mol. The van der Waals surface area contributed by atoms with Gasteiger partial charge in [0.1, 0.15) is 11.9 Å². The highest BCUT2D eigenvalue weighted by Gasteiger charge is 2.37. The molecule has 2 aliphatic rings. The predicted octanol–water partition coefficient (Wildman–Crippen LogP) is 1.02. The van der Waals surface area contributed by atoms with Crippen molar-refractivity contribution in [3.8, 4) is 0 Å². The Balaban J connectivity index is 1.60. The Morgan fingerprint density at radius 2 is 1.83 bits per heavy atom. The van der Waals surface area contributed by atoms with Gasteiger partial charge < -0.3 is 9.64 Å². The number of carbonyl (C=O) groups is 1. The van der Waals surface area contributed by atoms with Crippen molar-refractivity contribution in [3.63, 3.8) is 0 Å². The van der Waals surface area contributed by atoms with Gasteiger partial charge in [0.25, 0.3) is 0 Å². The molecule has 2 saturated heterocycles. The summed E-state index contributed by atoms with van der Waals surface area (Å²) < 4.78 is 45.5. The average Bonchev–Trinajstić information content (AvgIpc) is 2.90. The minimum atomic E-state index is -3.53. The summed E-state index contributed by atoms with van der Waals surface area (Å²) in [5, 5.41) is -0.495. The SMILES string of the molecule is O=C1C(NS(=O)(=O)C2CCOCC2)CCN1Cc1ccc(F)cc1. The van der Waals surface area contributed by atoms with Crippen LogP contribution in [-0.2, 0) is 26.1 Å². The van der Waals surface area contributed by atoms with Crippen molar-refractivity contribution in [1.82, 2.24) is 9.62 Å². The van der Waals surface area contributed by atoms with Gasteiger partial charge in [0.2, 0.25) is 15.9 Å². The number of rotatable bonds is 5. The fourth-order valence-electron chi connectivity index (χ4n) is 3.10. The molecule has 1 amide bonds. The van der Waals surface area contributed by atoms with E-state index in [1.807, 2.05) is 0 Å². The number of likely N-dealkylation sites (tertiary alicyclic amines) is 1. The standard InChI is InChI=1S/C16H21FN2O4S/c17-13-3-1-12(2-4-13)11-19-8-5-15(16(19)20)18-24(21,22)14-6-9-23-10-7-14/h1-4,14-15,18H,5-11H2. The number of amides is 1. The molecule has 3 rings (SSSR count). The quantitative estimate of drug-likeness (QED) is 0.855. The smallest absolute Gasteiger partial charge is 0.241 e. The van der Waals surface area contributed by atoms with E-state index in [1.165, 1.54) is 12.1 Å². The van der Waals surface area contributed by atoms with E-state index in [2.05, 4.69) is 4.72 Å². The highest BCUT2D eigenvalue weighted by Crippen LogP contribution is 2.20. The van der Waals surface area contributed by atoms with Crippen molar-refractivity contribution in [3.05, 3.63) is 35.6 Å². The molecule has 1 atom stereocenters. The lowest BCUT2D eigenvalue weighted by Crippen LogP contribution is -2.46. The third kappa shape index (κ3) is 3.93. The van der Waals surface area contributed by atoms with Gasteiger partial charge in [-0.3, -0.25) is 4.79 Å². The normalized spacial score (nSPS) is 23.0. The molecule has 6 nitrogen and oxygen atoms in total. The van der Waals surface area contributed by atoms with E-state index < -0.39 is 21.3 Å². The molecule has 0 spiro atoms. The topological polar surface area (TPSA) is 75.7 Å². The van der Waals surface area contributed by atoms with Gasteiger partial charge in [0.15, 0.2) is 0 Å². The Labute approximate surface area is 141 Å². The minimum absolute atomic E-state index is 0.227. The summed E-state index contributed by atoms with van der Waals surface area (Å²) in [4.78, 5) is 14.0. The highest BCUT2D eigenvalue weighted by atomic mass is 32.2. The fourth-order valence-corrected chi connectivity index (χ4v) is 4.72. The molecule has 1 unspecified atom stereocenters. The lowest BCUT2D eigenvalue weighted by atomic mass is 10.2. The van der Waals surface area contributed by atoms with Crippen LogP contribution in [0.25, 0.3) is 0 Å². The molecule has 24 heavy (non-hydrogen) atoms. The molecule has 0 aliphatic carbocycles. The van der Waals surface area contributed by atoms with Crippen LogP contribution in [-0.4, -0.2) is 50.3 Å².